The lowest BCUT2D eigenvalue weighted by Crippen LogP contribution is -2.35. The first-order valence-corrected chi connectivity index (χ1v) is 6.42. The molecule has 8 heteroatoms. The van der Waals surface area contributed by atoms with Crippen molar-refractivity contribution in [3.05, 3.63) is 29.8 Å². The first-order chi connectivity index (χ1) is 10.1. The number of hydrazine groups is 1. The van der Waals surface area contributed by atoms with Crippen molar-refractivity contribution in [2.75, 3.05) is 32.8 Å². The summed E-state index contributed by atoms with van der Waals surface area (Å²) in [6.45, 7) is -0.0413. The van der Waals surface area contributed by atoms with Crippen LogP contribution in [-0.4, -0.2) is 55.2 Å². The predicted molar refractivity (Wildman–Crippen MR) is 73.1 cm³/mol. The molecule has 0 bridgehead atoms. The van der Waals surface area contributed by atoms with Crippen molar-refractivity contribution in [3.8, 4) is 5.75 Å². The maximum Gasteiger partial charge on any atom is 0.265 e. The molecule has 0 aliphatic rings. The molecule has 0 aromatic heterocycles. The van der Waals surface area contributed by atoms with E-state index in [9.17, 15) is 13.6 Å². The van der Waals surface area contributed by atoms with Crippen LogP contribution >= 0.6 is 0 Å². The fraction of sp³-hybridized carbons (Fsp3) is 0.462. The minimum Gasteiger partial charge on any atom is -0.492 e. The summed E-state index contributed by atoms with van der Waals surface area (Å²) >= 11 is 0. The Kier molecular flexibility index (Phi) is 7.59. The molecule has 21 heavy (non-hydrogen) atoms. The van der Waals surface area contributed by atoms with Gasteiger partial charge in [0, 0.05) is 18.7 Å². The molecule has 0 saturated heterocycles. The highest BCUT2D eigenvalue weighted by atomic mass is 19.3. The van der Waals surface area contributed by atoms with Crippen LogP contribution in [0.3, 0.4) is 0 Å². The zero-order valence-corrected chi connectivity index (χ0v) is 11.5. The van der Waals surface area contributed by atoms with Crippen LogP contribution in [0.25, 0.3) is 0 Å². The molecule has 0 saturated carbocycles. The number of hydrogen-bond donors (Lipinski definition) is 3. The van der Waals surface area contributed by atoms with Gasteiger partial charge in [-0.2, -0.15) is 0 Å². The number of hydrogen-bond acceptors (Lipinski definition) is 5. The van der Waals surface area contributed by atoms with E-state index in [2.05, 4.69) is 0 Å². The number of amides is 1. The Morgan fingerprint density at radius 1 is 1.43 bits per heavy atom. The molecule has 0 aliphatic heterocycles. The van der Waals surface area contributed by atoms with Crippen molar-refractivity contribution in [2.24, 2.45) is 5.84 Å². The Labute approximate surface area is 121 Å². The van der Waals surface area contributed by atoms with Gasteiger partial charge < -0.3 is 9.84 Å². The number of nitrogens with one attached hydrogen (secondary N) is 1. The fourth-order valence-corrected chi connectivity index (χ4v) is 1.73. The van der Waals surface area contributed by atoms with Crippen molar-refractivity contribution in [1.82, 2.24) is 10.3 Å². The molecule has 6 nitrogen and oxygen atoms in total. The molecule has 0 spiro atoms. The lowest BCUT2D eigenvalue weighted by molar-refractivity contribution is 0.0708. The molecule has 0 atom stereocenters. The van der Waals surface area contributed by atoms with E-state index in [0.29, 0.717) is 11.3 Å². The van der Waals surface area contributed by atoms with Gasteiger partial charge in [-0.1, -0.05) is 6.07 Å². The second-order valence-corrected chi connectivity index (χ2v) is 4.27. The monoisotopic (exact) mass is 303 g/mol. The molecule has 1 aromatic rings. The summed E-state index contributed by atoms with van der Waals surface area (Å²) in [6.07, 6.45) is -2.46. The van der Waals surface area contributed by atoms with Gasteiger partial charge in [0.15, 0.2) is 0 Å². The Morgan fingerprint density at radius 3 is 2.81 bits per heavy atom. The van der Waals surface area contributed by atoms with E-state index >= 15 is 0 Å². The number of alkyl halides is 2. The second kappa shape index (κ2) is 9.22. The van der Waals surface area contributed by atoms with E-state index in [1.807, 2.05) is 5.43 Å². The number of benzene rings is 1. The van der Waals surface area contributed by atoms with Gasteiger partial charge in [-0.25, -0.2) is 14.6 Å². The van der Waals surface area contributed by atoms with Crippen LogP contribution in [0.5, 0.6) is 5.75 Å². The zero-order valence-electron chi connectivity index (χ0n) is 11.5. The van der Waals surface area contributed by atoms with Crippen LogP contribution < -0.4 is 16.0 Å². The molecule has 0 radical (unpaired) electrons. The molecule has 118 valence electrons. The number of rotatable bonds is 9. The highest BCUT2D eigenvalue weighted by Gasteiger charge is 2.11. The molecule has 0 aliphatic carbocycles. The Morgan fingerprint density at radius 2 is 2.19 bits per heavy atom. The first-order valence-electron chi connectivity index (χ1n) is 6.42. The van der Waals surface area contributed by atoms with E-state index in [0.717, 1.165) is 0 Å². The van der Waals surface area contributed by atoms with Crippen LogP contribution in [0, 0.1) is 0 Å². The molecule has 1 amide bonds. The van der Waals surface area contributed by atoms with Crippen molar-refractivity contribution in [3.63, 3.8) is 0 Å². The lowest BCUT2D eigenvalue weighted by atomic mass is 10.2. The van der Waals surface area contributed by atoms with Crippen molar-refractivity contribution in [1.29, 1.82) is 0 Å². The van der Waals surface area contributed by atoms with Crippen molar-refractivity contribution >= 4 is 5.91 Å². The largest absolute Gasteiger partial charge is 0.492 e. The molecule has 1 rings (SSSR count). The van der Waals surface area contributed by atoms with Crippen LogP contribution in [0.2, 0.25) is 0 Å². The van der Waals surface area contributed by atoms with E-state index in [-0.39, 0.29) is 26.3 Å². The zero-order chi connectivity index (χ0) is 15.7. The maximum atomic E-state index is 12.3. The third-order valence-electron chi connectivity index (χ3n) is 2.72. The van der Waals surface area contributed by atoms with Gasteiger partial charge in [-0.3, -0.25) is 15.1 Å². The number of nitrogens with zero attached hydrogens (tertiary/aromatic N) is 1. The van der Waals surface area contributed by atoms with Crippen LogP contribution in [0.1, 0.15) is 10.4 Å². The van der Waals surface area contributed by atoms with Gasteiger partial charge >= 0.3 is 0 Å². The minimum atomic E-state index is -2.46. The lowest BCUT2D eigenvalue weighted by Gasteiger charge is -2.20. The summed E-state index contributed by atoms with van der Waals surface area (Å²) in [4.78, 5) is 12.7. The van der Waals surface area contributed by atoms with Gasteiger partial charge in [0.25, 0.3) is 12.3 Å². The van der Waals surface area contributed by atoms with E-state index in [4.69, 9.17) is 15.7 Å². The molecule has 1 aromatic carbocycles. The summed E-state index contributed by atoms with van der Waals surface area (Å²) < 4.78 is 30.0. The predicted octanol–water partition coefficient (Wildman–Crippen LogP) is 0.228. The molecule has 4 N–H and O–H groups in total. The fourth-order valence-electron chi connectivity index (χ4n) is 1.73. The normalized spacial score (nSPS) is 11.0. The minimum absolute atomic E-state index is 0.156. The third-order valence-corrected chi connectivity index (χ3v) is 2.72. The highest BCUT2D eigenvalue weighted by molar-refractivity contribution is 5.94. The molecule has 0 unspecified atom stereocenters. The smallest absolute Gasteiger partial charge is 0.265 e. The van der Waals surface area contributed by atoms with Crippen molar-refractivity contribution < 1.29 is 23.4 Å². The quantitative estimate of drug-likeness (QED) is 0.345. The summed E-state index contributed by atoms with van der Waals surface area (Å²) in [5, 5.41) is 8.81. The Bertz CT molecular complexity index is 446. The Balaban J connectivity index is 2.48. The van der Waals surface area contributed by atoms with Gasteiger partial charge in [0.05, 0.1) is 13.2 Å². The summed E-state index contributed by atoms with van der Waals surface area (Å²) in [6, 6.07) is 6.36. The second-order valence-electron chi connectivity index (χ2n) is 4.27. The standard InChI is InChI=1S/C13H19F2N3O3/c14-12(15)9-18(4-6-19)5-7-21-11-3-1-2-10(8-11)13(20)17-16/h1-3,8,12,19H,4-7,9,16H2,(H,17,20). The van der Waals surface area contributed by atoms with Gasteiger partial charge in [-0.15, -0.1) is 0 Å². The SMILES string of the molecule is NNC(=O)c1cccc(OCCN(CCO)CC(F)F)c1. The number of ether oxygens (including phenoxy) is 1. The van der Waals surface area contributed by atoms with Gasteiger partial charge in [-0.05, 0) is 18.2 Å². The van der Waals surface area contributed by atoms with Crippen LogP contribution in [-0.2, 0) is 0 Å². The van der Waals surface area contributed by atoms with Crippen LogP contribution in [0.4, 0.5) is 8.78 Å². The number of carbonyl (C=O) groups excluding carboxylic acids is 1. The Hall–Kier alpha value is -1.77. The van der Waals surface area contributed by atoms with Gasteiger partial charge in [0.2, 0.25) is 0 Å². The first kappa shape index (κ1) is 17.3. The average molecular weight is 303 g/mol. The maximum absolute atomic E-state index is 12.3. The number of carbonyl (C=O) groups is 1. The summed E-state index contributed by atoms with van der Waals surface area (Å²) in [7, 11) is 0. The number of aliphatic hydroxyl groups excluding tert-OH is 1. The summed E-state index contributed by atoms with van der Waals surface area (Å²) in [5.41, 5.74) is 2.35. The van der Waals surface area contributed by atoms with E-state index < -0.39 is 18.9 Å². The van der Waals surface area contributed by atoms with E-state index in [1.165, 1.54) is 11.0 Å². The van der Waals surface area contributed by atoms with Gasteiger partial charge in [0.1, 0.15) is 12.4 Å². The number of aliphatic hydroxyl groups is 1. The topological polar surface area (TPSA) is 87.8 Å². The van der Waals surface area contributed by atoms with E-state index in [1.54, 1.807) is 18.2 Å². The summed E-state index contributed by atoms with van der Waals surface area (Å²) in [5.74, 6) is 5.03. The highest BCUT2D eigenvalue weighted by Crippen LogP contribution is 2.13. The average Bonchev–Trinajstić information content (AvgIpc) is 2.46. The molecular weight excluding hydrogens is 284 g/mol. The van der Waals surface area contributed by atoms with Crippen LogP contribution in [0.15, 0.2) is 24.3 Å². The molecular formula is C13H19F2N3O3. The third kappa shape index (κ3) is 6.48. The number of halogens is 2. The van der Waals surface area contributed by atoms with Crippen molar-refractivity contribution in [2.45, 2.75) is 6.43 Å². The number of nitrogens with two attached hydrogens (primary N) is 1. The molecule has 0 heterocycles. The number of nitrogen functional groups attached to an aromatic ring is 1. The molecule has 0 fully saturated rings.